The molecule has 7 heteroatoms. The maximum atomic E-state index is 12.8. The van der Waals surface area contributed by atoms with Crippen molar-refractivity contribution in [2.45, 2.75) is 30.7 Å². The minimum atomic E-state index is -4.06. The first-order valence-electron chi connectivity index (χ1n) is 7.89. The molecule has 0 unspecified atom stereocenters. The number of aryl methyl sites for hydroxylation is 1. The number of nitrogens with one attached hydrogen (secondary N) is 1. The molecule has 0 aliphatic carbocycles. The third kappa shape index (κ3) is 3.41. The predicted molar refractivity (Wildman–Crippen MR) is 93.3 cm³/mol. The topological polar surface area (TPSA) is 83.6 Å². The number of nitrogens with zero attached hydrogens (tertiary/aromatic N) is 1. The highest BCUT2D eigenvalue weighted by Gasteiger charge is 2.44. The normalized spacial score (nSPS) is 17.6. The Kier molecular flexibility index (Phi) is 4.59. The van der Waals surface area contributed by atoms with Gasteiger partial charge in [-0.15, -0.1) is 0 Å². The highest BCUT2D eigenvalue weighted by molar-refractivity contribution is 7.89. The fourth-order valence-corrected chi connectivity index (χ4v) is 4.48. The molecule has 1 aliphatic rings. The van der Waals surface area contributed by atoms with Gasteiger partial charge in [-0.25, -0.2) is 12.7 Å². The lowest BCUT2D eigenvalue weighted by molar-refractivity contribution is -0.128. The van der Waals surface area contributed by atoms with Gasteiger partial charge in [0.15, 0.2) is 0 Å². The Balaban J connectivity index is 1.88. The minimum absolute atomic E-state index is 0.00129. The average molecular weight is 358 g/mol. The molecule has 25 heavy (non-hydrogen) atoms. The van der Waals surface area contributed by atoms with Crippen molar-refractivity contribution in [1.29, 1.82) is 0 Å². The first-order chi connectivity index (χ1) is 11.9. The smallest absolute Gasteiger partial charge is 0.267 e. The second-order valence-corrected chi connectivity index (χ2v) is 7.74. The van der Waals surface area contributed by atoms with Crippen LogP contribution in [0.15, 0.2) is 59.5 Å². The summed E-state index contributed by atoms with van der Waals surface area (Å²) in [6, 6.07) is 13.8. The molecule has 1 fully saturated rings. The van der Waals surface area contributed by atoms with E-state index in [0.29, 0.717) is 9.99 Å². The molecule has 6 nitrogen and oxygen atoms in total. The van der Waals surface area contributed by atoms with Crippen molar-refractivity contribution in [1.82, 2.24) is 4.31 Å². The second kappa shape index (κ2) is 6.68. The summed E-state index contributed by atoms with van der Waals surface area (Å²) in [6.45, 7) is 1.89. The number of benzene rings is 2. The summed E-state index contributed by atoms with van der Waals surface area (Å²) in [5.41, 5.74) is 1.54. The van der Waals surface area contributed by atoms with Crippen molar-refractivity contribution in [3.63, 3.8) is 0 Å². The van der Waals surface area contributed by atoms with Gasteiger partial charge in [0.1, 0.15) is 6.04 Å². The highest BCUT2D eigenvalue weighted by Crippen LogP contribution is 2.28. The van der Waals surface area contributed by atoms with Crippen LogP contribution in [0.1, 0.15) is 18.4 Å². The van der Waals surface area contributed by atoms with Crippen LogP contribution < -0.4 is 5.32 Å². The number of carbonyl (C=O) groups excluding carboxylic acids is 2. The van der Waals surface area contributed by atoms with Gasteiger partial charge in [-0.2, -0.15) is 0 Å². The van der Waals surface area contributed by atoms with Gasteiger partial charge >= 0.3 is 0 Å². The molecule has 1 aliphatic heterocycles. The molecule has 130 valence electrons. The van der Waals surface area contributed by atoms with Crippen molar-refractivity contribution in [3.05, 3.63) is 60.2 Å². The molecule has 1 heterocycles. The number of hydrogen-bond acceptors (Lipinski definition) is 4. The van der Waals surface area contributed by atoms with Crippen LogP contribution in [-0.2, 0) is 19.6 Å². The van der Waals surface area contributed by atoms with Crippen LogP contribution in [0.3, 0.4) is 0 Å². The van der Waals surface area contributed by atoms with E-state index in [4.69, 9.17) is 0 Å². The number of rotatable bonds is 4. The van der Waals surface area contributed by atoms with Crippen LogP contribution >= 0.6 is 0 Å². The number of sulfonamides is 1. The Morgan fingerprint density at radius 2 is 1.84 bits per heavy atom. The Hall–Kier alpha value is -2.67. The number of carbonyl (C=O) groups is 2. The van der Waals surface area contributed by atoms with E-state index in [-0.39, 0.29) is 17.7 Å². The Morgan fingerprint density at radius 3 is 2.52 bits per heavy atom. The van der Waals surface area contributed by atoms with E-state index in [1.54, 1.807) is 36.4 Å². The monoisotopic (exact) mass is 358 g/mol. The molecule has 3 rings (SSSR count). The summed E-state index contributed by atoms with van der Waals surface area (Å²) >= 11 is 0. The summed E-state index contributed by atoms with van der Waals surface area (Å²) in [4.78, 5) is 24.8. The van der Waals surface area contributed by atoms with E-state index in [1.807, 2.05) is 13.0 Å². The standard InChI is InChI=1S/C18H18N2O4S/c1-13-6-5-7-14(12-13)19-18(22)16-10-11-17(21)20(16)25(23,24)15-8-3-2-4-9-15/h2-9,12,16H,10-11H2,1H3,(H,19,22)/t16-/m0/s1. The van der Waals surface area contributed by atoms with Crippen LogP contribution in [0.5, 0.6) is 0 Å². The summed E-state index contributed by atoms with van der Waals surface area (Å²) in [5.74, 6) is -1.07. The van der Waals surface area contributed by atoms with Crippen molar-refractivity contribution < 1.29 is 18.0 Å². The lowest BCUT2D eigenvalue weighted by Crippen LogP contribution is -2.45. The van der Waals surface area contributed by atoms with Crippen LogP contribution in [0.25, 0.3) is 0 Å². The maximum absolute atomic E-state index is 12.8. The number of hydrogen-bond donors (Lipinski definition) is 1. The zero-order valence-corrected chi connectivity index (χ0v) is 14.5. The zero-order valence-electron chi connectivity index (χ0n) is 13.7. The largest absolute Gasteiger partial charge is 0.324 e. The molecule has 0 radical (unpaired) electrons. The first kappa shape index (κ1) is 17.2. The molecular weight excluding hydrogens is 340 g/mol. The van der Waals surface area contributed by atoms with Crippen LogP contribution in [-0.4, -0.2) is 30.6 Å². The van der Waals surface area contributed by atoms with Gasteiger partial charge in [-0.3, -0.25) is 9.59 Å². The van der Waals surface area contributed by atoms with Crippen molar-refractivity contribution in [2.75, 3.05) is 5.32 Å². The number of amides is 2. The molecular formula is C18H18N2O4S. The Bertz CT molecular complexity index is 910. The van der Waals surface area contributed by atoms with E-state index in [1.165, 1.54) is 12.1 Å². The molecule has 1 saturated heterocycles. The van der Waals surface area contributed by atoms with Crippen LogP contribution in [0.2, 0.25) is 0 Å². The first-order valence-corrected chi connectivity index (χ1v) is 9.33. The molecule has 2 aromatic carbocycles. The van der Waals surface area contributed by atoms with E-state index in [9.17, 15) is 18.0 Å². The molecule has 0 spiro atoms. The van der Waals surface area contributed by atoms with Crippen LogP contribution in [0, 0.1) is 6.92 Å². The fraction of sp³-hybridized carbons (Fsp3) is 0.222. The van der Waals surface area contributed by atoms with Crippen molar-refractivity contribution in [3.8, 4) is 0 Å². The quantitative estimate of drug-likeness (QED) is 0.909. The maximum Gasteiger partial charge on any atom is 0.267 e. The summed E-state index contributed by atoms with van der Waals surface area (Å²) in [7, 11) is -4.06. The van der Waals surface area contributed by atoms with Crippen molar-refractivity contribution >= 4 is 27.5 Å². The van der Waals surface area contributed by atoms with E-state index >= 15 is 0 Å². The summed E-state index contributed by atoms with van der Waals surface area (Å²) in [6.07, 6.45) is 0.195. The van der Waals surface area contributed by atoms with E-state index < -0.39 is 27.9 Å². The van der Waals surface area contributed by atoms with Gasteiger partial charge in [0, 0.05) is 12.1 Å². The van der Waals surface area contributed by atoms with Gasteiger partial charge in [0.25, 0.3) is 10.0 Å². The van der Waals surface area contributed by atoms with Gasteiger partial charge < -0.3 is 5.32 Å². The molecule has 2 amide bonds. The Morgan fingerprint density at radius 1 is 1.12 bits per heavy atom. The fourth-order valence-electron chi connectivity index (χ4n) is 2.86. The lowest BCUT2D eigenvalue weighted by Gasteiger charge is -2.23. The zero-order chi connectivity index (χ0) is 18.0. The second-order valence-electron chi connectivity index (χ2n) is 5.92. The average Bonchev–Trinajstić information content (AvgIpc) is 2.98. The van der Waals surface area contributed by atoms with E-state index in [2.05, 4.69) is 5.32 Å². The molecule has 1 atom stereocenters. The summed E-state index contributed by atoms with van der Waals surface area (Å²) < 4.78 is 26.3. The van der Waals surface area contributed by atoms with Gasteiger partial charge in [-0.05, 0) is 43.2 Å². The summed E-state index contributed by atoms with van der Waals surface area (Å²) in [5, 5.41) is 2.70. The molecule has 0 aromatic heterocycles. The van der Waals surface area contributed by atoms with Gasteiger partial charge in [0.2, 0.25) is 11.8 Å². The molecule has 1 N–H and O–H groups in total. The van der Waals surface area contributed by atoms with E-state index in [0.717, 1.165) is 5.56 Å². The molecule has 2 aromatic rings. The molecule has 0 saturated carbocycles. The molecule has 0 bridgehead atoms. The predicted octanol–water partition coefficient (Wildman–Crippen LogP) is 2.31. The van der Waals surface area contributed by atoms with Gasteiger partial charge in [0.05, 0.1) is 4.90 Å². The highest BCUT2D eigenvalue weighted by atomic mass is 32.2. The third-order valence-electron chi connectivity index (χ3n) is 4.05. The third-order valence-corrected chi connectivity index (χ3v) is 5.89. The number of anilines is 1. The van der Waals surface area contributed by atoms with Gasteiger partial charge in [-0.1, -0.05) is 30.3 Å². The minimum Gasteiger partial charge on any atom is -0.324 e. The SMILES string of the molecule is Cc1cccc(NC(=O)[C@@H]2CCC(=O)N2S(=O)(=O)c2ccccc2)c1. The lowest BCUT2D eigenvalue weighted by atomic mass is 10.2. The van der Waals surface area contributed by atoms with Crippen LogP contribution in [0.4, 0.5) is 5.69 Å². The van der Waals surface area contributed by atoms with Crippen molar-refractivity contribution in [2.24, 2.45) is 0 Å². The Labute approximate surface area is 146 Å².